The summed E-state index contributed by atoms with van der Waals surface area (Å²) >= 11 is 0. The highest BCUT2D eigenvalue weighted by atomic mass is 31.2. The number of epoxide rings is 4. The highest BCUT2D eigenvalue weighted by Gasteiger charge is 2.35. The first-order chi connectivity index (χ1) is 18.6. The summed E-state index contributed by atoms with van der Waals surface area (Å²) in [6.07, 6.45) is 1.03. The lowest BCUT2D eigenvalue weighted by Crippen LogP contribution is -2.33. The molecule has 0 radical (unpaired) electrons. The molecule has 4 aliphatic heterocycles. The van der Waals surface area contributed by atoms with Crippen LogP contribution in [0.5, 0.6) is 0 Å². The maximum Gasteiger partial charge on any atom is 0.171 e. The zero-order valence-electron chi connectivity index (χ0n) is 21.4. The molecule has 4 atom stereocenters. The van der Waals surface area contributed by atoms with Gasteiger partial charge in [-0.05, 0) is 24.3 Å². The van der Waals surface area contributed by atoms with Crippen LogP contribution in [0.2, 0.25) is 0 Å². The number of rotatable bonds is 13. The zero-order chi connectivity index (χ0) is 25.5. The van der Waals surface area contributed by atoms with Crippen LogP contribution >= 0.6 is 7.14 Å². The molecular weight excluding hydrogens is 499 g/mol. The van der Waals surface area contributed by atoms with Gasteiger partial charge in [0.1, 0.15) is 0 Å². The lowest BCUT2D eigenvalue weighted by molar-refractivity contribution is 0.388. The average molecular weight is 533 g/mol. The van der Waals surface area contributed by atoms with Gasteiger partial charge in [-0.25, -0.2) is 0 Å². The highest BCUT2D eigenvalue weighted by molar-refractivity contribution is 7.85. The summed E-state index contributed by atoms with van der Waals surface area (Å²) in [5.41, 5.74) is 2.11. The van der Waals surface area contributed by atoms with Crippen molar-refractivity contribution in [1.82, 2.24) is 0 Å². The third-order valence-corrected chi connectivity index (χ3v) is 10.6. The van der Waals surface area contributed by atoms with Crippen molar-refractivity contribution >= 4 is 34.4 Å². The molecule has 7 nitrogen and oxygen atoms in total. The van der Waals surface area contributed by atoms with E-state index in [0.29, 0.717) is 0 Å². The minimum atomic E-state index is -3.16. The fraction of sp³-hybridized carbons (Fsp3) is 0.400. The lowest BCUT2D eigenvalue weighted by Gasteiger charge is -2.27. The van der Waals surface area contributed by atoms with E-state index in [1.54, 1.807) is 0 Å². The Morgan fingerprint density at radius 2 is 0.921 bits per heavy atom. The van der Waals surface area contributed by atoms with Crippen molar-refractivity contribution in [3.63, 3.8) is 0 Å². The number of nitrogens with zero attached hydrogens (tertiary/aromatic N) is 2. The third kappa shape index (κ3) is 5.54. The summed E-state index contributed by atoms with van der Waals surface area (Å²) in [6.45, 7) is 6.45. The Kier molecular flexibility index (Phi) is 6.50. The van der Waals surface area contributed by atoms with Gasteiger partial charge < -0.3 is 33.3 Å². The van der Waals surface area contributed by atoms with Crippen molar-refractivity contribution < 1.29 is 23.5 Å². The van der Waals surface area contributed by atoms with Crippen molar-refractivity contribution in [3.05, 3.63) is 78.9 Å². The normalized spacial score (nSPS) is 26.3. The molecule has 0 saturated carbocycles. The Morgan fingerprint density at radius 3 is 1.29 bits per heavy atom. The SMILES string of the molecule is O=P(c1ccccc1)(c1cccc(N(CC2CO2)CC2CO2)c1)c1cccc(N(CC2CO2)CC2CO2)c1. The molecule has 0 N–H and O–H groups in total. The molecule has 4 unspecified atom stereocenters. The van der Waals surface area contributed by atoms with Crippen LogP contribution < -0.4 is 25.7 Å². The summed E-state index contributed by atoms with van der Waals surface area (Å²) < 4.78 is 37.5. The second kappa shape index (κ2) is 10.1. The van der Waals surface area contributed by atoms with Gasteiger partial charge in [-0.2, -0.15) is 0 Å². The maximum absolute atomic E-state index is 15.4. The van der Waals surface area contributed by atoms with E-state index in [1.165, 1.54) is 0 Å². The molecule has 4 saturated heterocycles. The molecule has 38 heavy (non-hydrogen) atoms. The number of anilines is 2. The Labute approximate surface area is 223 Å². The van der Waals surface area contributed by atoms with Crippen LogP contribution in [0.15, 0.2) is 78.9 Å². The molecule has 8 heteroatoms. The second-order valence-corrected chi connectivity index (χ2v) is 13.4. The Hall–Kier alpha value is -2.67. The first-order valence-corrected chi connectivity index (χ1v) is 15.2. The van der Waals surface area contributed by atoms with Gasteiger partial charge in [0.2, 0.25) is 0 Å². The van der Waals surface area contributed by atoms with Gasteiger partial charge in [0, 0.05) is 53.5 Å². The number of ether oxygens (including phenoxy) is 4. The van der Waals surface area contributed by atoms with E-state index in [4.69, 9.17) is 18.9 Å². The van der Waals surface area contributed by atoms with Crippen LogP contribution in [0.1, 0.15) is 0 Å². The van der Waals surface area contributed by atoms with E-state index in [9.17, 15) is 0 Å². The average Bonchev–Trinajstić information content (AvgIpc) is 3.77. The van der Waals surface area contributed by atoms with Gasteiger partial charge in [-0.15, -0.1) is 0 Å². The fourth-order valence-corrected chi connectivity index (χ4v) is 7.81. The van der Waals surface area contributed by atoms with Crippen LogP contribution in [0.4, 0.5) is 11.4 Å². The second-order valence-electron chi connectivity index (χ2n) is 10.6. The summed E-state index contributed by atoms with van der Waals surface area (Å²) in [7, 11) is -3.16. The topological polar surface area (TPSA) is 73.7 Å². The first-order valence-electron chi connectivity index (χ1n) is 13.5. The Bertz CT molecular complexity index is 1210. The monoisotopic (exact) mass is 532 g/mol. The number of benzene rings is 3. The predicted molar refractivity (Wildman–Crippen MR) is 149 cm³/mol. The molecule has 7 rings (SSSR count). The molecule has 4 fully saturated rings. The molecule has 0 aliphatic carbocycles. The van der Waals surface area contributed by atoms with Gasteiger partial charge in [-0.1, -0.05) is 54.6 Å². The summed E-state index contributed by atoms with van der Waals surface area (Å²) in [4.78, 5) is 4.63. The van der Waals surface area contributed by atoms with Gasteiger partial charge in [0.25, 0.3) is 0 Å². The molecular formula is C30H33N2O5P. The molecule has 0 bridgehead atoms. The molecule has 0 spiro atoms. The van der Waals surface area contributed by atoms with E-state index >= 15 is 4.57 Å². The third-order valence-electron chi connectivity index (χ3n) is 7.54. The van der Waals surface area contributed by atoms with Crippen LogP contribution in [-0.2, 0) is 23.5 Å². The van der Waals surface area contributed by atoms with Crippen LogP contribution in [-0.4, -0.2) is 77.0 Å². The smallest absolute Gasteiger partial charge is 0.171 e. The first kappa shape index (κ1) is 24.4. The summed E-state index contributed by atoms with van der Waals surface area (Å²) in [5.74, 6) is 0. The highest BCUT2D eigenvalue weighted by Crippen LogP contribution is 2.44. The quantitative estimate of drug-likeness (QED) is 0.248. The van der Waals surface area contributed by atoms with E-state index in [-0.39, 0.29) is 24.4 Å². The summed E-state index contributed by atoms with van der Waals surface area (Å²) in [6, 6.07) is 26.4. The van der Waals surface area contributed by atoms with Crippen LogP contribution in [0.3, 0.4) is 0 Å². The zero-order valence-corrected chi connectivity index (χ0v) is 22.2. The lowest BCUT2D eigenvalue weighted by atomic mass is 10.2. The van der Waals surface area contributed by atoms with Gasteiger partial charge in [-0.3, -0.25) is 0 Å². The molecule has 198 valence electrons. The molecule has 4 heterocycles. The molecule has 3 aromatic carbocycles. The van der Waals surface area contributed by atoms with Crippen LogP contribution in [0, 0.1) is 0 Å². The number of hydrogen-bond donors (Lipinski definition) is 0. The number of hydrogen-bond acceptors (Lipinski definition) is 7. The maximum atomic E-state index is 15.4. The summed E-state index contributed by atoms with van der Waals surface area (Å²) in [5, 5.41) is 2.50. The van der Waals surface area contributed by atoms with Crippen LogP contribution in [0.25, 0.3) is 0 Å². The van der Waals surface area contributed by atoms with Gasteiger partial charge in [0.05, 0.1) is 50.8 Å². The van der Waals surface area contributed by atoms with Gasteiger partial charge >= 0.3 is 0 Å². The molecule has 4 aliphatic rings. The molecule has 3 aromatic rings. The van der Waals surface area contributed by atoms with E-state index < -0.39 is 7.14 Å². The largest absolute Gasteiger partial charge is 0.371 e. The van der Waals surface area contributed by atoms with Crippen molar-refractivity contribution in [3.8, 4) is 0 Å². The Morgan fingerprint density at radius 1 is 0.553 bits per heavy atom. The standard InChI is InChI=1S/C30H33N2O5P/c33-38(28-8-2-1-3-9-28,29-10-4-6-22(12-29)31(14-24-18-34-24)15-25-19-35-25)30-11-5-7-23(13-30)32(16-26-20-36-26)17-27-21-37-27/h1-13,24-27H,14-21H2. The Balaban J connectivity index is 1.27. The van der Waals surface area contributed by atoms with Gasteiger partial charge in [0.15, 0.2) is 7.14 Å². The van der Waals surface area contributed by atoms with Crippen molar-refractivity contribution in [1.29, 1.82) is 0 Å². The van der Waals surface area contributed by atoms with E-state index in [0.717, 1.165) is 79.9 Å². The molecule has 0 amide bonds. The van der Waals surface area contributed by atoms with E-state index in [1.807, 2.05) is 54.6 Å². The van der Waals surface area contributed by atoms with E-state index in [2.05, 4.69) is 34.1 Å². The minimum Gasteiger partial charge on any atom is -0.371 e. The fourth-order valence-electron chi connectivity index (χ4n) is 5.10. The predicted octanol–water partition coefficient (Wildman–Crippen LogP) is 2.53. The minimum absolute atomic E-state index is 0.256. The molecule has 0 aromatic heterocycles. The van der Waals surface area contributed by atoms with Crippen molar-refractivity contribution in [2.24, 2.45) is 0 Å². The van der Waals surface area contributed by atoms with Crippen molar-refractivity contribution in [2.75, 3.05) is 62.4 Å². The van der Waals surface area contributed by atoms with Crippen molar-refractivity contribution in [2.45, 2.75) is 24.4 Å².